The Hall–Kier alpha value is -3.99. The van der Waals surface area contributed by atoms with Crippen LogP contribution in [0.15, 0.2) is 16.7 Å². The van der Waals surface area contributed by atoms with Crippen LogP contribution in [0.5, 0.6) is 5.75 Å². The van der Waals surface area contributed by atoms with E-state index in [9.17, 15) is 9.90 Å². The molecular weight excluding hydrogens is 565 g/mol. The Balaban J connectivity index is 1.59. The number of fused-ring (bicyclic) bond motifs is 2. The van der Waals surface area contributed by atoms with Crippen molar-refractivity contribution in [2.24, 2.45) is 13.0 Å². The van der Waals surface area contributed by atoms with Crippen molar-refractivity contribution in [1.29, 1.82) is 0 Å². The monoisotopic (exact) mass is 605 g/mol. The first-order chi connectivity index (χ1) is 20.8. The number of carboxylic acid groups (broad SMARTS) is 1. The van der Waals surface area contributed by atoms with Gasteiger partial charge in [-0.25, -0.2) is 14.2 Å². The predicted molar refractivity (Wildman–Crippen MR) is 165 cm³/mol. The van der Waals surface area contributed by atoms with Crippen LogP contribution in [0.4, 0.5) is 10.4 Å². The maximum atomic E-state index is 15.7. The van der Waals surface area contributed by atoms with E-state index in [2.05, 4.69) is 17.0 Å². The molecule has 0 aliphatic carbocycles. The van der Waals surface area contributed by atoms with Gasteiger partial charge in [0.25, 0.3) is 0 Å². The molecule has 6 rings (SSSR count). The molecule has 2 aliphatic heterocycles. The number of carboxylic acids is 1. The maximum Gasteiger partial charge on any atom is 0.337 e. The molecule has 1 N–H and O–H groups in total. The summed E-state index contributed by atoms with van der Waals surface area (Å²) in [5, 5.41) is 15.4. The number of aromatic nitrogens is 4. The van der Waals surface area contributed by atoms with Gasteiger partial charge in [0.1, 0.15) is 5.65 Å². The van der Waals surface area contributed by atoms with Gasteiger partial charge in [0, 0.05) is 47.9 Å². The number of halogens is 1. The van der Waals surface area contributed by atoms with Crippen LogP contribution in [0.1, 0.15) is 75.4 Å². The molecule has 0 bridgehead atoms. The van der Waals surface area contributed by atoms with Crippen LogP contribution in [0.25, 0.3) is 33.7 Å². The summed E-state index contributed by atoms with van der Waals surface area (Å²) in [6.07, 6.45) is 2.20. The average molecular weight is 606 g/mol. The second-order valence-electron chi connectivity index (χ2n) is 13.1. The first-order valence-electron chi connectivity index (χ1n) is 15.3. The molecule has 11 heteroatoms. The standard InChI is InChI=1S/C33H40FN5O5/c1-17-10-12-39(13-11-17)32-36-29(37-44-32)24-16-22-26(21-15-23(34)27-20(18(21)2)9-8-14-42-27)25(19(3)35-30(22)38(24)7)28(31(40)41)43-33(4,5)6/h15-17,28H,8-14H2,1-7H3,(H,40,41). The third kappa shape index (κ3) is 5.31. The van der Waals surface area contributed by atoms with Gasteiger partial charge in [-0.05, 0) is 89.5 Å². The lowest BCUT2D eigenvalue weighted by molar-refractivity contribution is -0.160. The van der Waals surface area contributed by atoms with Gasteiger partial charge in [0.15, 0.2) is 17.7 Å². The Morgan fingerprint density at radius 1 is 1.18 bits per heavy atom. The molecule has 0 amide bonds. The Kier molecular flexibility index (Phi) is 7.63. The van der Waals surface area contributed by atoms with E-state index in [4.69, 9.17) is 24.0 Å². The van der Waals surface area contributed by atoms with Gasteiger partial charge in [-0.1, -0.05) is 12.1 Å². The zero-order valence-electron chi connectivity index (χ0n) is 26.5. The molecule has 10 nitrogen and oxygen atoms in total. The summed E-state index contributed by atoms with van der Waals surface area (Å²) in [5.74, 6) is -0.310. The van der Waals surface area contributed by atoms with Gasteiger partial charge in [-0.15, -0.1) is 0 Å². The van der Waals surface area contributed by atoms with Crippen molar-refractivity contribution < 1.29 is 28.3 Å². The molecule has 3 aromatic heterocycles. The molecule has 234 valence electrons. The maximum absolute atomic E-state index is 15.7. The highest BCUT2D eigenvalue weighted by Gasteiger charge is 2.35. The number of pyridine rings is 1. The fourth-order valence-electron chi connectivity index (χ4n) is 6.43. The van der Waals surface area contributed by atoms with Gasteiger partial charge in [0.2, 0.25) is 5.82 Å². The minimum Gasteiger partial charge on any atom is -0.490 e. The molecule has 1 aromatic carbocycles. The van der Waals surface area contributed by atoms with Gasteiger partial charge in [0.05, 0.1) is 17.9 Å². The smallest absolute Gasteiger partial charge is 0.337 e. The van der Waals surface area contributed by atoms with E-state index in [0.717, 1.165) is 43.5 Å². The van der Waals surface area contributed by atoms with Crippen molar-refractivity contribution in [3.05, 3.63) is 40.3 Å². The van der Waals surface area contributed by atoms with Crippen molar-refractivity contribution >= 4 is 23.0 Å². The van der Waals surface area contributed by atoms with E-state index in [1.54, 1.807) is 6.92 Å². The fourth-order valence-corrected chi connectivity index (χ4v) is 6.43. The Morgan fingerprint density at radius 3 is 2.59 bits per heavy atom. The second kappa shape index (κ2) is 11.2. The normalized spacial score (nSPS) is 16.7. The van der Waals surface area contributed by atoms with Gasteiger partial charge < -0.3 is 28.6 Å². The van der Waals surface area contributed by atoms with E-state index in [1.165, 1.54) is 6.07 Å². The van der Waals surface area contributed by atoms with E-state index < -0.39 is 23.5 Å². The molecule has 1 saturated heterocycles. The summed E-state index contributed by atoms with van der Waals surface area (Å²) >= 11 is 0. The SMILES string of the molecule is Cc1nc2c(cc(-c3noc(N4CCC(C)CC4)n3)n2C)c(-c2cc(F)c3c(c2C)CCCO3)c1C(OC(C)(C)C)C(=O)O. The first-order valence-corrected chi connectivity index (χ1v) is 15.3. The largest absolute Gasteiger partial charge is 0.490 e. The second-order valence-corrected chi connectivity index (χ2v) is 13.1. The van der Waals surface area contributed by atoms with Crippen LogP contribution in [0.3, 0.4) is 0 Å². The lowest BCUT2D eigenvalue weighted by Crippen LogP contribution is -2.32. The lowest BCUT2D eigenvalue weighted by atomic mass is 9.86. The van der Waals surface area contributed by atoms with Crippen LogP contribution in [0.2, 0.25) is 0 Å². The topological polar surface area (TPSA) is 116 Å². The molecular formula is C33H40FN5O5. The number of hydrogen-bond donors (Lipinski definition) is 1. The summed E-state index contributed by atoms with van der Waals surface area (Å²) in [6, 6.07) is 3.81. The molecule has 0 spiro atoms. The zero-order chi connectivity index (χ0) is 31.5. The van der Waals surface area contributed by atoms with E-state index in [1.807, 2.05) is 45.4 Å². The number of hydrogen-bond acceptors (Lipinski definition) is 8. The summed E-state index contributed by atoms with van der Waals surface area (Å²) < 4.78 is 35.1. The molecule has 0 saturated carbocycles. The van der Waals surface area contributed by atoms with Gasteiger partial charge in [-0.3, -0.25) is 0 Å². The number of piperidine rings is 1. The summed E-state index contributed by atoms with van der Waals surface area (Å²) in [7, 11) is 1.86. The molecule has 0 radical (unpaired) electrons. The Labute approximate surface area is 256 Å². The third-order valence-electron chi connectivity index (χ3n) is 8.77. The zero-order valence-corrected chi connectivity index (χ0v) is 26.5. The number of ether oxygens (including phenoxy) is 2. The predicted octanol–water partition coefficient (Wildman–Crippen LogP) is 6.55. The van der Waals surface area contributed by atoms with E-state index in [-0.39, 0.29) is 5.75 Å². The first kappa shape index (κ1) is 30.1. The molecule has 44 heavy (non-hydrogen) atoms. The number of nitrogens with zero attached hydrogens (tertiary/aromatic N) is 5. The van der Waals surface area contributed by atoms with E-state index in [0.29, 0.717) is 69.9 Å². The average Bonchev–Trinajstić information content (AvgIpc) is 3.58. The Morgan fingerprint density at radius 2 is 1.91 bits per heavy atom. The van der Waals surface area contributed by atoms with E-state index >= 15 is 4.39 Å². The van der Waals surface area contributed by atoms with Crippen molar-refractivity contribution in [3.63, 3.8) is 0 Å². The van der Waals surface area contributed by atoms with Crippen molar-refractivity contribution in [2.45, 2.75) is 78.9 Å². The van der Waals surface area contributed by atoms with Crippen LogP contribution in [0, 0.1) is 25.6 Å². The van der Waals surface area contributed by atoms with Crippen molar-refractivity contribution in [2.75, 3.05) is 24.6 Å². The van der Waals surface area contributed by atoms with Crippen molar-refractivity contribution in [1.82, 2.24) is 19.7 Å². The highest BCUT2D eigenvalue weighted by Crippen LogP contribution is 2.45. The molecule has 1 unspecified atom stereocenters. The molecule has 1 fully saturated rings. The number of carbonyl (C=O) groups is 1. The molecule has 2 aliphatic rings. The Bertz CT molecular complexity index is 1750. The van der Waals surface area contributed by atoms with Crippen LogP contribution >= 0.6 is 0 Å². The highest BCUT2D eigenvalue weighted by molar-refractivity contribution is 6.01. The minimum atomic E-state index is -1.35. The fraction of sp³-hybridized carbons (Fsp3) is 0.515. The third-order valence-corrected chi connectivity index (χ3v) is 8.77. The van der Waals surface area contributed by atoms with Gasteiger partial charge >= 0.3 is 12.0 Å². The number of anilines is 1. The lowest BCUT2D eigenvalue weighted by Gasteiger charge is -2.29. The number of aryl methyl sites for hydroxylation is 2. The quantitative estimate of drug-likeness (QED) is 0.261. The van der Waals surface area contributed by atoms with Crippen molar-refractivity contribution in [3.8, 4) is 28.4 Å². The van der Waals surface area contributed by atoms with Gasteiger partial charge in [-0.2, -0.15) is 4.98 Å². The highest BCUT2D eigenvalue weighted by atomic mass is 19.1. The van der Waals surface area contributed by atoms with Crippen LogP contribution in [-0.2, 0) is 23.0 Å². The summed E-state index contributed by atoms with van der Waals surface area (Å²) in [4.78, 5) is 24.5. The molecule has 5 heterocycles. The summed E-state index contributed by atoms with van der Waals surface area (Å²) in [6.45, 7) is 13.5. The molecule has 1 atom stereocenters. The van der Waals surface area contributed by atoms with Crippen LogP contribution in [-0.4, -0.2) is 56.1 Å². The minimum absolute atomic E-state index is 0.266. The number of benzene rings is 1. The number of aliphatic carboxylic acids is 1. The summed E-state index contributed by atoms with van der Waals surface area (Å²) in [5.41, 5.74) is 4.07. The number of rotatable bonds is 6. The molecule has 4 aromatic rings. The van der Waals surface area contributed by atoms with Crippen LogP contribution < -0.4 is 9.64 Å².